The van der Waals surface area contributed by atoms with Crippen LogP contribution in [0.3, 0.4) is 0 Å². The van der Waals surface area contributed by atoms with E-state index in [1.165, 1.54) is 22.3 Å². The van der Waals surface area contributed by atoms with E-state index in [0.29, 0.717) is 36.8 Å². The molecule has 3 rings (SSSR count). The van der Waals surface area contributed by atoms with Gasteiger partial charge in [0.2, 0.25) is 0 Å². The quantitative estimate of drug-likeness (QED) is 0.207. The molecule has 0 spiro atoms. The third-order valence-electron chi connectivity index (χ3n) is 6.35. The minimum absolute atomic E-state index is 0.437. The minimum atomic E-state index is -0.889. The summed E-state index contributed by atoms with van der Waals surface area (Å²) in [4.78, 5) is 4.91. The van der Waals surface area contributed by atoms with Gasteiger partial charge in [-0.15, -0.1) is 11.4 Å². The molecular weight excluding hydrogens is 666 g/mol. The summed E-state index contributed by atoms with van der Waals surface area (Å²) in [6.45, 7) is 19.0. The zero-order valence-corrected chi connectivity index (χ0v) is 28.2. The Morgan fingerprint density at radius 3 is 1.11 bits per heavy atom. The predicted octanol–water partition coefficient (Wildman–Crippen LogP) is 11.4. The molecule has 201 valence electrons. The molecule has 3 aromatic rings. The summed E-state index contributed by atoms with van der Waals surface area (Å²) < 4.78 is 0. The molecule has 1 heterocycles. The van der Waals surface area contributed by atoms with Crippen molar-refractivity contribution in [3.05, 3.63) is 98.9 Å². The van der Waals surface area contributed by atoms with Crippen LogP contribution in [0.5, 0.6) is 0 Å². The average molecular weight is 708 g/mol. The van der Waals surface area contributed by atoms with Crippen molar-refractivity contribution >= 4 is 29.8 Å². The number of benzene rings is 2. The number of nitrogens with zero attached hydrogens (tertiary/aromatic N) is 3. The number of hydrogen-bond acceptors (Lipinski definition) is 1. The van der Waals surface area contributed by atoms with E-state index in [-0.39, 0.29) is 0 Å². The van der Waals surface area contributed by atoms with Gasteiger partial charge in [0.15, 0.2) is 0 Å². The van der Waals surface area contributed by atoms with Crippen LogP contribution in [0.25, 0.3) is 10.6 Å². The van der Waals surface area contributed by atoms with E-state index in [1.807, 2.05) is 0 Å². The van der Waals surface area contributed by atoms with Crippen molar-refractivity contribution in [1.82, 2.24) is 4.98 Å². The number of hydrogen-bond donors (Lipinski definition) is 0. The predicted molar refractivity (Wildman–Crippen MR) is 159 cm³/mol. The Morgan fingerprint density at radius 1 is 0.568 bits per heavy atom. The van der Waals surface area contributed by atoms with Crippen LogP contribution in [0.2, 0.25) is 0 Å². The van der Waals surface area contributed by atoms with Crippen LogP contribution < -0.4 is 0 Å². The van der Waals surface area contributed by atoms with Gasteiger partial charge in [-0.1, -0.05) is 133 Å². The van der Waals surface area contributed by atoms with E-state index in [2.05, 4.69) is 110 Å². The van der Waals surface area contributed by atoms with Gasteiger partial charge in [0.1, 0.15) is 0 Å². The molecular formula is C31H41Cl2N3Ta-2. The molecule has 0 saturated carbocycles. The van der Waals surface area contributed by atoms with Gasteiger partial charge in [-0.05, 0) is 35.8 Å². The Morgan fingerprint density at radius 2 is 0.838 bits per heavy atom. The molecule has 0 bridgehead atoms. The van der Waals surface area contributed by atoms with E-state index in [4.69, 9.17) is 34.0 Å². The molecule has 37 heavy (non-hydrogen) atoms. The summed E-state index contributed by atoms with van der Waals surface area (Å²) in [5, 5.41) is 10.1. The van der Waals surface area contributed by atoms with Gasteiger partial charge in [-0.25, -0.2) is 0 Å². The molecule has 0 atom stereocenters. The molecule has 3 nitrogen and oxygen atoms in total. The van der Waals surface area contributed by atoms with E-state index in [0.717, 1.165) is 22.8 Å². The Labute approximate surface area is 242 Å². The van der Waals surface area contributed by atoms with E-state index in [9.17, 15) is 0 Å². The van der Waals surface area contributed by atoms with Crippen molar-refractivity contribution in [2.45, 2.75) is 92.2 Å². The Balaban J connectivity index is 0.00000153. The fourth-order valence-corrected chi connectivity index (χ4v) is 4.41. The number of aromatic nitrogens is 1. The molecule has 0 radical (unpaired) electrons. The second-order valence-corrected chi connectivity index (χ2v) is 15.1. The van der Waals surface area contributed by atoms with Crippen molar-refractivity contribution in [1.29, 1.82) is 0 Å². The first kappa shape index (κ1) is 31.7. The Kier molecular flexibility index (Phi) is 13.6. The summed E-state index contributed by atoms with van der Waals surface area (Å²) >= 11 is -0.889. The number of para-hydroxylation sites is 2. The van der Waals surface area contributed by atoms with Gasteiger partial charge >= 0.3 is 36.0 Å². The SMILES string of the molecule is CC(C)c1cccc(C(C)C)c1[N-]Cc1cccc(C[N-]c2c(C(C)C)cccc2C(C)C)n1.[Cl][Ta][Cl]. The third kappa shape index (κ3) is 9.33. The van der Waals surface area contributed by atoms with E-state index >= 15 is 0 Å². The van der Waals surface area contributed by atoms with Crippen molar-refractivity contribution in [3.8, 4) is 0 Å². The molecule has 0 saturated heterocycles. The fourth-order valence-electron chi connectivity index (χ4n) is 4.41. The van der Waals surface area contributed by atoms with Gasteiger partial charge < -0.3 is 10.6 Å². The molecule has 2 aromatic carbocycles. The second kappa shape index (κ2) is 15.8. The molecule has 0 N–H and O–H groups in total. The topological polar surface area (TPSA) is 41.1 Å². The Bertz CT molecular complexity index is 978. The van der Waals surface area contributed by atoms with Gasteiger partial charge in [-0.3, -0.25) is 4.98 Å². The van der Waals surface area contributed by atoms with Crippen LogP contribution >= 0.6 is 18.4 Å². The molecule has 0 fully saturated rings. The second-order valence-electron chi connectivity index (χ2n) is 10.5. The molecule has 0 aliphatic carbocycles. The van der Waals surface area contributed by atoms with E-state index < -0.39 is 17.6 Å². The van der Waals surface area contributed by atoms with Crippen molar-refractivity contribution in [2.75, 3.05) is 0 Å². The molecule has 0 unspecified atom stereocenters. The molecule has 0 aliphatic rings. The van der Waals surface area contributed by atoms with Crippen LogP contribution in [0.1, 0.15) is 113 Å². The molecule has 0 amide bonds. The van der Waals surface area contributed by atoms with Crippen LogP contribution in [0, 0.1) is 0 Å². The van der Waals surface area contributed by atoms with Gasteiger partial charge in [0.25, 0.3) is 0 Å². The summed E-state index contributed by atoms with van der Waals surface area (Å²) in [5.74, 6) is 1.75. The number of pyridine rings is 1. The van der Waals surface area contributed by atoms with Crippen molar-refractivity contribution in [3.63, 3.8) is 0 Å². The first-order chi connectivity index (χ1) is 17.6. The Hall–Kier alpha value is -1.49. The number of halogens is 2. The standard InChI is InChI=1S/C31H41N3.2ClH.Ta/c1-20(2)26-14-10-15-27(21(3)4)30(26)32-18-24-12-9-13-25(34-24)19-33-31-28(22(5)6)16-11-17-29(31)23(7)8;;;/h9-17,20-23H,18-19H2,1-8H3;2*1H;/q-2;;;+2/p-2. The normalized spacial score (nSPS) is 11.1. The van der Waals surface area contributed by atoms with Crippen molar-refractivity contribution < 1.29 is 17.6 Å². The average Bonchev–Trinajstić information content (AvgIpc) is 2.86. The van der Waals surface area contributed by atoms with E-state index in [1.54, 1.807) is 0 Å². The van der Waals surface area contributed by atoms with Crippen LogP contribution in [0.15, 0.2) is 54.6 Å². The maximum atomic E-state index is 5.06. The fraction of sp³-hybridized carbons (Fsp3) is 0.452. The van der Waals surface area contributed by atoms with Crippen LogP contribution in [0.4, 0.5) is 11.4 Å². The summed E-state index contributed by atoms with van der Waals surface area (Å²) in [6, 6.07) is 19.4. The van der Waals surface area contributed by atoms with Crippen LogP contribution in [-0.4, -0.2) is 4.98 Å². The van der Waals surface area contributed by atoms with Crippen LogP contribution in [-0.2, 0) is 30.7 Å². The molecule has 1 aromatic heterocycles. The third-order valence-corrected chi connectivity index (χ3v) is 6.35. The molecule has 6 heteroatoms. The first-order valence-corrected chi connectivity index (χ1v) is 21.0. The zero-order chi connectivity index (χ0) is 27.5. The zero-order valence-electron chi connectivity index (χ0n) is 23.5. The summed E-state index contributed by atoms with van der Waals surface area (Å²) in [6.07, 6.45) is 0. The maximum absolute atomic E-state index is 5.06. The van der Waals surface area contributed by atoms with Gasteiger partial charge in [0, 0.05) is 11.4 Å². The summed E-state index contributed by atoms with van der Waals surface area (Å²) in [5.41, 5.74) is 9.48. The number of rotatable bonds is 10. The summed E-state index contributed by atoms with van der Waals surface area (Å²) in [7, 11) is 9.89. The monoisotopic (exact) mass is 706 g/mol. The van der Waals surface area contributed by atoms with Gasteiger partial charge in [0.05, 0.1) is 0 Å². The van der Waals surface area contributed by atoms with Gasteiger partial charge in [-0.2, -0.15) is 0 Å². The first-order valence-electron chi connectivity index (χ1n) is 13.1. The van der Waals surface area contributed by atoms with Crippen molar-refractivity contribution in [2.24, 2.45) is 0 Å². The molecule has 0 aliphatic heterocycles.